The maximum absolute atomic E-state index is 13.3. The molecule has 0 saturated carbocycles. The topological polar surface area (TPSA) is 49.6 Å². The molecule has 2 fully saturated rings. The van der Waals surface area contributed by atoms with Gasteiger partial charge in [0.2, 0.25) is 5.91 Å². The molecular weight excluding hydrogens is 318 g/mol. The highest BCUT2D eigenvalue weighted by Crippen LogP contribution is 2.28. The second-order valence-corrected chi connectivity index (χ2v) is 8.21. The molecule has 2 unspecified atom stereocenters. The van der Waals surface area contributed by atoms with E-state index in [2.05, 4.69) is 28.9 Å². The highest BCUT2D eigenvalue weighted by atomic mass is 32.2. The van der Waals surface area contributed by atoms with E-state index in [1.54, 1.807) is 0 Å². The van der Waals surface area contributed by atoms with E-state index in [-0.39, 0.29) is 18.0 Å². The average Bonchev–Trinajstić information content (AvgIpc) is 2.64. The monoisotopic (exact) mass is 347 g/mol. The number of hydrogen-bond donors (Lipinski definition) is 1. The van der Waals surface area contributed by atoms with Gasteiger partial charge in [-0.05, 0) is 31.2 Å². The molecule has 0 bridgehead atoms. The molecule has 1 amide bonds. The van der Waals surface area contributed by atoms with Gasteiger partial charge in [-0.2, -0.15) is 11.8 Å². The lowest BCUT2D eigenvalue weighted by Gasteiger charge is -2.39. The predicted molar refractivity (Wildman–Crippen MR) is 101 cm³/mol. The van der Waals surface area contributed by atoms with Crippen molar-refractivity contribution >= 4 is 17.7 Å². The van der Waals surface area contributed by atoms with Crippen LogP contribution in [0.5, 0.6) is 0 Å². The Morgan fingerprint density at radius 1 is 1.12 bits per heavy atom. The molecular formula is C19H29N3OS. The van der Waals surface area contributed by atoms with Gasteiger partial charge in [0.15, 0.2) is 0 Å². The van der Waals surface area contributed by atoms with Crippen LogP contribution in [0.15, 0.2) is 30.3 Å². The van der Waals surface area contributed by atoms with Crippen LogP contribution in [-0.4, -0.2) is 59.4 Å². The Hall–Kier alpha value is -1.04. The Morgan fingerprint density at radius 2 is 1.75 bits per heavy atom. The van der Waals surface area contributed by atoms with Gasteiger partial charge >= 0.3 is 0 Å². The van der Waals surface area contributed by atoms with Crippen molar-refractivity contribution in [3.05, 3.63) is 35.9 Å². The molecule has 1 aromatic rings. The summed E-state index contributed by atoms with van der Waals surface area (Å²) in [6.07, 6.45) is 2.06. The first-order chi connectivity index (χ1) is 11.7. The van der Waals surface area contributed by atoms with E-state index in [4.69, 9.17) is 5.73 Å². The lowest BCUT2D eigenvalue weighted by Crippen LogP contribution is -2.49. The highest BCUT2D eigenvalue weighted by molar-refractivity contribution is 7.99. The van der Waals surface area contributed by atoms with Crippen molar-refractivity contribution in [3.63, 3.8) is 0 Å². The van der Waals surface area contributed by atoms with Gasteiger partial charge in [0.1, 0.15) is 6.04 Å². The second kappa shape index (κ2) is 8.37. The summed E-state index contributed by atoms with van der Waals surface area (Å²) in [4.78, 5) is 17.8. The molecule has 24 heavy (non-hydrogen) atoms. The SMILES string of the molecule is CC(N)C1CCN(C(=O)C(c2ccccc2)N2CCSCC2)CC1. The number of thioether (sulfide) groups is 1. The number of nitrogens with two attached hydrogens (primary N) is 1. The fourth-order valence-electron chi connectivity index (χ4n) is 3.80. The van der Waals surface area contributed by atoms with Crippen LogP contribution in [0.2, 0.25) is 0 Å². The third kappa shape index (κ3) is 4.13. The Balaban J connectivity index is 1.74. The van der Waals surface area contributed by atoms with Crippen LogP contribution in [0.3, 0.4) is 0 Å². The first kappa shape index (κ1) is 17.8. The van der Waals surface area contributed by atoms with Crippen molar-refractivity contribution in [2.24, 2.45) is 11.7 Å². The predicted octanol–water partition coefficient (Wildman–Crippen LogP) is 2.36. The van der Waals surface area contributed by atoms with Gasteiger partial charge in [-0.15, -0.1) is 0 Å². The fraction of sp³-hybridized carbons (Fsp3) is 0.632. The maximum atomic E-state index is 13.3. The van der Waals surface area contributed by atoms with E-state index in [0.717, 1.165) is 56.1 Å². The van der Waals surface area contributed by atoms with Gasteiger partial charge in [-0.25, -0.2) is 0 Å². The zero-order chi connectivity index (χ0) is 16.9. The molecule has 1 aromatic carbocycles. The van der Waals surface area contributed by atoms with Crippen molar-refractivity contribution in [3.8, 4) is 0 Å². The maximum Gasteiger partial charge on any atom is 0.244 e. The largest absolute Gasteiger partial charge is 0.341 e. The molecule has 3 rings (SSSR count). The van der Waals surface area contributed by atoms with Crippen LogP contribution in [0.25, 0.3) is 0 Å². The first-order valence-corrected chi connectivity index (χ1v) is 10.2. The summed E-state index contributed by atoms with van der Waals surface area (Å²) < 4.78 is 0. The summed E-state index contributed by atoms with van der Waals surface area (Å²) in [7, 11) is 0. The molecule has 2 heterocycles. The molecule has 2 aliphatic heterocycles. The molecule has 2 N–H and O–H groups in total. The number of rotatable bonds is 4. The minimum absolute atomic E-state index is 0.126. The van der Waals surface area contributed by atoms with Gasteiger partial charge in [0.05, 0.1) is 0 Å². The summed E-state index contributed by atoms with van der Waals surface area (Å²) in [5, 5.41) is 0. The summed E-state index contributed by atoms with van der Waals surface area (Å²) in [5.74, 6) is 3.05. The molecule has 0 aliphatic carbocycles. The van der Waals surface area contributed by atoms with Gasteiger partial charge in [-0.3, -0.25) is 9.69 Å². The standard InChI is InChI=1S/C19H29N3OS/c1-15(20)16-7-9-22(10-8-16)19(23)18(17-5-3-2-4-6-17)21-11-13-24-14-12-21/h2-6,15-16,18H,7-14,20H2,1H3. The number of nitrogens with zero attached hydrogens (tertiary/aromatic N) is 2. The third-order valence-corrected chi connectivity index (χ3v) is 6.30. The fourth-order valence-corrected chi connectivity index (χ4v) is 4.73. The van der Waals surface area contributed by atoms with E-state index in [0.29, 0.717) is 5.92 Å². The Labute approximate surface area is 149 Å². The number of carbonyl (C=O) groups excluding carboxylic acids is 1. The quantitative estimate of drug-likeness (QED) is 0.908. The van der Waals surface area contributed by atoms with Crippen molar-refractivity contribution in [1.29, 1.82) is 0 Å². The van der Waals surface area contributed by atoms with Crippen molar-refractivity contribution < 1.29 is 4.79 Å². The summed E-state index contributed by atoms with van der Waals surface area (Å²) >= 11 is 1.98. The Morgan fingerprint density at radius 3 is 2.33 bits per heavy atom. The van der Waals surface area contributed by atoms with Crippen molar-refractivity contribution in [2.75, 3.05) is 37.7 Å². The van der Waals surface area contributed by atoms with Gasteiger partial charge in [0.25, 0.3) is 0 Å². The van der Waals surface area contributed by atoms with Crippen LogP contribution in [-0.2, 0) is 4.79 Å². The molecule has 5 heteroatoms. The van der Waals surface area contributed by atoms with Gasteiger partial charge in [-0.1, -0.05) is 30.3 Å². The highest BCUT2D eigenvalue weighted by Gasteiger charge is 2.34. The Bertz CT molecular complexity index is 523. The van der Waals surface area contributed by atoms with Crippen LogP contribution in [0.4, 0.5) is 0 Å². The molecule has 2 atom stereocenters. The van der Waals surface area contributed by atoms with Gasteiger partial charge < -0.3 is 10.6 Å². The third-order valence-electron chi connectivity index (χ3n) is 5.35. The van der Waals surface area contributed by atoms with E-state index >= 15 is 0 Å². The molecule has 0 radical (unpaired) electrons. The number of amides is 1. The first-order valence-electron chi connectivity index (χ1n) is 9.08. The molecule has 2 saturated heterocycles. The van der Waals surface area contributed by atoms with Crippen molar-refractivity contribution in [1.82, 2.24) is 9.80 Å². The normalized spacial score (nSPS) is 23.0. The lowest BCUT2D eigenvalue weighted by molar-refractivity contribution is -0.138. The molecule has 0 aromatic heterocycles. The average molecular weight is 348 g/mol. The molecule has 0 spiro atoms. The van der Waals surface area contributed by atoms with E-state index < -0.39 is 0 Å². The minimum Gasteiger partial charge on any atom is -0.341 e. The van der Waals surface area contributed by atoms with Crippen LogP contribution in [0, 0.1) is 5.92 Å². The number of carbonyl (C=O) groups is 1. The summed E-state index contributed by atoms with van der Waals surface area (Å²) in [5.41, 5.74) is 7.17. The van der Waals surface area contributed by atoms with Crippen LogP contribution >= 0.6 is 11.8 Å². The summed E-state index contributed by atoms with van der Waals surface area (Å²) in [6, 6.07) is 10.4. The lowest BCUT2D eigenvalue weighted by atomic mass is 9.90. The van der Waals surface area contributed by atoms with E-state index in [9.17, 15) is 4.79 Å². The molecule has 132 valence electrons. The number of piperidine rings is 1. The van der Waals surface area contributed by atoms with Crippen LogP contribution in [0.1, 0.15) is 31.4 Å². The number of likely N-dealkylation sites (tertiary alicyclic amines) is 1. The Kier molecular flexibility index (Phi) is 6.19. The van der Waals surface area contributed by atoms with E-state index in [1.807, 2.05) is 30.0 Å². The smallest absolute Gasteiger partial charge is 0.244 e. The molecule has 2 aliphatic rings. The number of hydrogen-bond acceptors (Lipinski definition) is 4. The minimum atomic E-state index is -0.126. The van der Waals surface area contributed by atoms with E-state index in [1.165, 1.54) is 0 Å². The van der Waals surface area contributed by atoms with Gasteiger partial charge in [0, 0.05) is 43.7 Å². The zero-order valence-electron chi connectivity index (χ0n) is 14.6. The molecule has 4 nitrogen and oxygen atoms in total. The van der Waals surface area contributed by atoms with Crippen LogP contribution < -0.4 is 5.73 Å². The number of benzene rings is 1. The summed E-state index contributed by atoms with van der Waals surface area (Å²) in [6.45, 7) is 5.76. The zero-order valence-corrected chi connectivity index (χ0v) is 15.4. The second-order valence-electron chi connectivity index (χ2n) is 6.98. The van der Waals surface area contributed by atoms with Crippen molar-refractivity contribution in [2.45, 2.75) is 31.8 Å².